The number of amides is 1. The van der Waals surface area contributed by atoms with Crippen LogP contribution in [0.4, 0.5) is 0 Å². The molecular weight excluding hydrogens is 322 g/mol. The predicted octanol–water partition coefficient (Wildman–Crippen LogP) is 3.97. The molecule has 0 radical (unpaired) electrons. The van der Waals surface area contributed by atoms with E-state index >= 15 is 0 Å². The summed E-state index contributed by atoms with van der Waals surface area (Å²) in [6.45, 7) is 1.69. The van der Waals surface area contributed by atoms with E-state index < -0.39 is 0 Å². The molecule has 1 fully saturated rings. The van der Waals surface area contributed by atoms with Gasteiger partial charge in [0.25, 0.3) is 5.91 Å². The Labute approximate surface area is 154 Å². The first-order valence-corrected chi connectivity index (χ1v) is 9.21. The number of hydrogen-bond donors (Lipinski definition) is 0. The number of likely N-dealkylation sites (tertiary alicyclic amines) is 1. The summed E-state index contributed by atoms with van der Waals surface area (Å²) in [7, 11) is 0. The topological polar surface area (TPSA) is 38.1 Å². The fraction of sp³-hybridized carbons (Fsp3) is 0.273. The van der Waals surface area contributed by atoms with E-state index in [2.05, 4.69) is 35.3 Å². The van der Waals surface area contributed by atoms with Gasteiger partial charge in [-0.3, -0.25) is 4.79 Å². The molecule has 1 amide bonds. The zero-order chi connectivity index (χ0) is 17.8. The van der Waals surface area contributed by atoms with Crippen molar-refractivity contribution < 1.29 is 4.79 Å². The van der Waals surface area contributed by atoms with Crippen molar-refractivity contribution in [2.24, 2.45) is 5.92 Å². The van der Waals surface area contributed by atoms with E-state index in [0.717, 1.165) is 43.6 Å². The number of aromatic nitrogens is 2. The summed E-state index contributed by atoms with van der Waals surface area (Å²) in [5.74, 6) is 0.811. The van der Waals surface area contributed by atoms with Gasteiger partial charge in [0.1, 0.15) is 0 Å². The van der Waals surface area contributed by atoms with Gasteiger partial charge in [-0.15, -0.1) is 0 Å². The van der Waals surface area contributed by atoms with Gasteiger partial charge < -0.3 is 9.47 Å². The molecule has 1 aliphatic rings. The molecule has 26 heavy (non-hydrogen) atoms. The zero-order valence-electron chi connectivity index (χ0n) is 14.8. The molecule has 1 saturated heterocycles. The van der Waals surface area contributed by atoms with Gasteiger partial charge in [0.2, 0.25) is 0 Å². The Morgan fingerprint density at radius 1 is 1.00 bits per heavy atom. The first-order chi connectivity index (χ1) is 12.8. The van der Waals surface area contributed by atoms with E-state index in [1.165, 1.54) is 5.56 Å². The number of nitrogens with zero attached hydrogens (tertiary/aromatic N) is 3. The van der Waals surface area contributed by atoms with Crippen molar-refractivity contribution in [3.63, 3.8) is 0 Å². The van der Waals surface area contributed by atoms with Crippen LogP contribution in [0, 0.1) is 5.92 Å². The fourth-order valence-corrected chi connectivity index (χ4v) is 3.66. The van der Waals surface area contributed by atoms with Crippen LogP contribution < -0.4 is 0 Å². The van der Waals surface area contributed by atoms with Crippen molar-refractivity contribution in [1.29, 1.82) is 0 Å². The van der Waals surface area contributed by atoms with E-state index in [0.29, 0.717) is 5.92 Å². The first kappa shape index (κ1) is 16.6. The molecule has 4 rings (SSSR count). The third-order valence-corrected chi connectivity index (χ3v) is 5.19. The lowest BCUT2D eigenvalue weighted by Gasteiger charge is -2.32. The Hall–Kier alpha value is -2.88. The second-order valence-electron chi connectivity index (χ2n) is 6.94. The van der Waals surface area contributed by atoms with Crippen molar-refractivity contribution in [2.75, 3.05) is 13.1 Å². The first-order valence-electron chi connectivity index (χ1n) is 9.21. The number of piperidine rings is 1. The summed E-state index contributed by atoms with van der Waals surface area (Å²) in [5, 5.41) is 0. The van der Waals surface area contributed by atoms with Crippen LogP contribution in [0.5, 0.6) is 0 Å². The van der Waals surface area contributed by atoms with Gasteiger partial charge in [0, 0.05) is 36.7 Å². The van der Waals surface area contributed by atoms with Crippen LogP contribution in [0.25, 0.3) is 5.69 Å². The lowest BCUT2D eigenvalue weighted by atomic mass is 9.90. The molecule has 3 aromatic rings. The molecule has 0 bridgehead atoms. The Kier molecular flexibility index (Phi) is 4.82. The van der Waals surface area contributed by atoms with E-state index in [1.807, 2.05) is 39.9 Å². The molecule has 1 aliphatic heterocycles. The van der Waals surface area contributed by atoms with Crippen LogP contribution in [0.2, 0.25) is 0 Å². The lowest BCUT2D eigenvalue weighted by molar-refractivity contribution is 0.0690. The number of imidazole rings is 1. The molecule has 0 atom stereocenters. The third-order valence-electron chi connectivity index (χ3n) is 5.19. The summed E-state index contributed by atoms with van der Waals surface area (Å²) in [5.41, 5.74) is 3.17. The SMILES string of the molecule is O=C(c1ccc(-n2ccnc2)cc1)N1CCC(Cc2ccccc2)CC1. The summed E-state index contributed by atoms with van der Waals surface area (Å²) < 4.78 is 1.93. The minimum atomic E-state index is 0.139. The summed E-state index contributed by atoms with van der Waals surface area (Å²) in [4.78, 5) is 18.8. The highest BCUT2D eigenvalue weighted by Crippen LogP contribution is 2.23. The van der Waals surface area contributed by atoms with Gasteiger partial charge in [-0.05, 0) is 55.0 Å². The average molecular weight is 345 g/mol. The third kappa shape index (κ3) is 3.69. The van der Waals surface area contributed by atoms with E-state index in [9.17, 15) is 4.79 Å². The number of carbonyl (C=O) groups excluding carboxylic acids is 1. The number of rotatable bonds is 4. The van der Waals surface area contributed by atoms with E-state index in [-0.39, 0.29) is 5.91 Å². The summed E-state index contributed by atoms with van der Waals surface area (Å²) in [6, 6.07) is 18.4. The molecule has 0 spiro atoms. The Morgan fingerprint density at radius 2 is 1.73 bits per heavy atom. The molecule has 0 saturated carbocycles. The van der Waals surface area contributed by atoms with Crippen LogP contribution in [0.15, 0.2) is 73.3 Å². The predicted molar refractivity (Wildman–Crippen MR) is 102 cm³/mol. The molecule has 2 aromatic carbocycles. The second-order valence-corrected chi connectivity index (χ2v) is 6.94. The maximum Gasteiger partial charge on any atom is 0.253 e. The van der Waals surface area contributed by atoms with Gasteiger partial charge >= 0.3 is 0 Å². The van der Waals surface area contributed by atoms with E-state index in [4.69, 9.17) is 0 Å². The number of benzene rings is 2. The molecule has 1 aromatic heterocycles. The standard InChI is InChI=1S/C22H23N3O/c26-22(20-6-8-21(9-7-20)25-15-12-23-17-25)24-13-10-19(11-14-24)16-18-4-2-1-3-5-18/h1-9,12,15,17,19H,10-11,13-14,16H2. The fourth-order valence-electron chi connectivity index (χ4n) is 3.66. The highest BCUT2D eigenvalue weighted by Gasteiger charge is 2.23. The maximum absolute atomic E-state index is 12.8. The smallest absolute Gasteiger partial charge is 0.253 e. The van der Waals surface area contributed by atoms with Gasteiger partial charge in [-0.1, -0.05) is 30.3 Å². The Balaban J connectivity index is 1.34. The lowest BCUT2D eigenvalue weighted by Crippen LogP contribution is -2.38. The van der Waals surface area contributed by atoms with Gasteiger partial charge in [-0.2, -0.15) is 0 Å². The molecule has 0 aliphatic carbocycles. The van der Waals surface area contributed by atoms with E-state index in [1.54, 1.807) is 12.5 Å². The van der Waals surface area contributed by atoms with Crippen LogP contribution >= 0.6 is 0 Å². The van der Waals surface area contributed by atoms with Gasteiger partial charge in [0.15, 0.2) is 0 Å². The largest absolute Gasteiger partial charge is 0.339 e. The quantitative estimate of drug-likeness (QED) is 0.718. The molecule has 0 unspecified atom stereocenters. The summed E-state index contributed by atoms with van der Waals surface area (Å²) in [6.07, 6.45) is 8.67. The van der Waals surface area contributed by atoms with Gasteiger partial charge in [-0.25, -0.2) is 4.98 Å². The molecule has 0 N–H and O–H groups in total. The highest BCUT2D eigenvalue weighted by atomic mass is 16.2. The van der Waals surface area contributed by atoms with Crippen LogP contribution in [-0.4, -0.2) is 33.4 Å². The zero-order valence-corrected chi connectivity index (χ0v) is 14.8. The van der Waals surface area contributed by atoms with Crippen LogP contribution in [0.1, 0.15) is 28.8 Å². The van der Waals surface area contributed by atoms with Crippen molar-refractivity contribution in [3.05, 3.63) is 84.4 Å². The molecule has 4 nitrogen and oxygen atoms in total. The maximum atomic E-state index is 12.8. The number of hydrogen-bond acceptors (Lipinski definition) is 2. The molecule has 2 heterocycles. The monoisotopic (exact) mass is 345 g/mol. The molecule has 132 valence electrons. The second kappa shape index (κ2) is 7.56. The minimum absolute atomic E-state index is 0.139. The Bertz CT molecular complexity index is 833. The number of carbonyl (C=O) groups is 1. The normalized spacial score (nSPS) is 15.2. The van der Waals surface area contributed by atoms with Crippen LogP contribution in [-0.2, 0) is 6.42 Å². The average Bonchev–Trinajstić information content (AvgIpc) is 3.24. The molecule has 4 heteroatoms. The summed E-state index contributed by atoms with van der Waals surface area (Å²) >= 11 is 0. The molecular formula is C22H23N3O. The van der Waals surface area contributed by atoms with Crippen molar-refractivity contribution in [2.45, 2.75) is 19.3 Å². The highest BCUT2D eigenvalue weighted by molar-refractivity contribution is 5.94. The Morgan fingerprint density at radius 3 is 2.38 bits per heavy atom. The van der Waals surface area contributed by atoms with Gasteiger partial charge in [0.05, 0.1) is 6.33 Å². The van der Waals surface area contributed by atoms with Crippen molar-refractivity contribution >= 4 is 5.91 Å². The van der Waals surface area contributed by atoms with Crippen LogP contribution in [0.3, 0.4) is 0 Å². The van der Waals surface area contributed by atoms with Crippen molar-refractivity contribution in [1.82, 2.24) is 14.5 Å². The van der Waals surface area contributed by atoms with Crippen molar-refractivity contribution in [3.8, 4) is 5.69 Å². The minimum Gasteiger partial charge on any atom is -0.339 e.